The molecule has 0 saturated carbocycles. The second kappa shape index (κ2) is 3.51. The Labute approximate surface area is 99.5 Å². The second-order valence-corrected chi connectivity index (χ2v) is 5.01. The molecule has 0 bridgehead atoms. The fourth-order valence-corrected chi connectivity index (χ4v) is 2.75. The van der Waals surface area contributed by atoms with Crippen molar-refractivity contribution in [2.45, 2.75) is 0 Å². The van der Waals surface area contributed by atoms with E-state index in [1.807, 2.05) is 12.1 Å². The summed E-state index contributed by atoms with van der Waals surface area (Å²) in [6.07, 6.45) is 0. The Morgan fingerprint density at radius 1 is 1.13 bits per heavy atom. The molecule has 0 aliphatic rings. The van der Waals surface area contributed by atoms with Crippen molar-refractivity contribution in [1.82, 2.24) is 0 Å². The van der Waals surface area contributed by atoms with E-state index in [2.05, 4.69) is 45.6 Å². The minimum absolute atomic E-state index is 0.779. The van der Waals surface area contributed by atoms with Crippen LogP contribution in [0.2, 0.25) is 0 Å². The van der Waals surface area contributed by atoms with Gasteiger partial charge in [-0.3, -0.25) is 0 Å². The zero-order valence-electron chi connectivity index (χ0n) is 7.74. The van der Waals surface area contributed by atoms with Gasteiger partial charge in [0.05, 0.1) is 0 Å². The molecule has 3 aromatic rings. The lowest BCUT2D eigenvalue weighted by atomic mass is 10.1. The summed E-state index contributed by atoms with van der Waals surface area (Å²) in [5, 5.41) is 3.22. The molecule has 74 valence electrons. The van der Waals surface area contributed by atoms with Crippen LogP contribution in [0.5, 0.6) is 0 Å². The Morgan fingerprint density at radius 2 is 2.07 bits per heavy atom. The van der Waals surface area contributed by atoms with E-state index >= 15 is 0 Å². The summed E-state index contributed by atoms with van der Waals surface area (Å²) in [6.45, 7) is 0. The van der Waals surface area contributed by atoms with E-state index < -0.39 is 0 Å². The van der Waals surface area contributed by atoms with Crippen molar-refractivity contribution in [2.75, 3.05) is 0 Å². The number of rotatable bonds is 1. The first-order chi connectivity index (χ1) is 7.33. The minimum Gasteiger partial charge on any atom is -0.449 e. The number of halogens is 1. The molecule has 0 fully saturated rings. The fourth-order valence-electron chi connectivity index (χ4n) is 1.61. The summed E-state index contributed by atoms with van der Waals surface area (Å²) in [4.78, 5) is 1.29. The SMILES string of the molecule is Brc1cc2cc(-c3cccs3)ccc2o1. The topological polar surface area (TPSA) is 13.1 Å². The third kappa shape index (κ3) is 1.62. The first kappa shape index (κ1) is 9.19. The number of hydrogen-bond acceptors (Lipinski definition) is 2. The Balaban J connectivity index is 2.21. The molecule has 3 rings (SSSR count). The van der Waals surface area contributed by atoms with Crippen LogP contribution < -0.4 is 0 Å². The van der Waals surface area contributed by atoms with Crippen LogP contribution in [0.15, 0.2) is 50.9 Å². The van der Waals surface area contributed by atoms with Crippen LogP contribution in [0.3, 0.4) is 0 Å². The summed E-state index contributed by atoms with van der Waals surface area (Å²) in [5.41, 5.74) is 2.16. The monoisotopic (exact) mass is 278 g/mol. The smallest absolute Gasteiger partial charge is 0.170 e. The molecule has 0 saturated heterocycles. The lowest BCUT2D eigenvalue weighted by Crippen LogP contribution is -1.70. The molecule has 0 unspecified atom stereocenters. The van der Waals surface area contributed by atoms with Crippen molar-refractivity contribution in [3.8, 4) is 10.4 Å². The van der Waals surface area contributed by atoms with E-state index in [1.54, 1.807) is 11.3 Å². The van der Waals surface area contributed by atoms with E-state index in [0.29, 0.717) is 0 Å². The molecule has 0 aliphatic heterocycles. The quantitative estimate of drug-likeness (QED) is 0.616. The highest BCUT2D eigenvalue weighted by molar-refractivity contribution is 9.10. The molecule has 0 spiro atoms. The van der Waals surface area contributed by atoms with Crippen LogP contribution >= 0.6 is 27.3 Å². The van der Waals surface area contributed by atoms with Gasteiger partial charge in [0.2, 0.25) is 0 Å². The molecule has 15 heavy (non-hydrogen) atoms. The molecule has 0 N–H and O–H groups in total. The normalized spacial score (nSPS) is 11.0. The van der Waals surface area contributed by atoms with Gasteiger partial charge in [0.25, 0.3) is 0 Å². The first-order valence-electron chi connectivity index (χ1n) is 4.56. The van der Waals surface area contributed by atoms with Crippen molar-refractivity contribution in [2.24, 2.45) is 0 Å². The van der Waals surface area contributed by atoms with E-state index in [4.69, 9.17) is 4.42 Å². The summed E-state index contributed by atoms with van der Waals surface area (Å²) in [5.74, 6) is 0. The highest BCUT2D eigenvalue weighted by Gasteiger charge is 2.04. The summed E-state index contributed by atoms with van der Waals surface area (Å²) in [6, 6.07) is 12.4. The lowest BCUT2D eigenvalue weighted by molar-refractivity contribution is 0.587. The Hall–Kier alpha value is -1.06. The maximum Gasteiger partial charge on any atom is 0.170 e. The number of furan rings is 1. The van der Waals surface area contributed by atoms with Gasteiger partial charge in [0, 0.05) is 10.3 Å². The van der Waals surface area contributed by atoms with Crippen molar-refractivity contribution >= 4 is 38.2 Å². The maximum atomic E-state index is 5.46. The van der Waals surface area contributed by atoms with Crippen molar-refractivity contribution < 1.29 is 4.42 Å². The molecule has 2 aromatic heterocycles. The molecule has 0 radical (unpaired) electrons. The van der Waals surface area contributed by atoms with E-state index in [-0.39, 0.29) is 0 Å². The standard InChI is InChI=1S/C12H7BrOS/c13-12-7-9-6-8(3-4-10(9)14-12)11-2-1-5-15-11/h1-7H. The van der Waals surface area contributed by atoms with E-state index in [9.17, 15) is 0 Å². The summed E-state index contributed by atoms with van der Waals surface area (Å²) >= 11 is 5.08. The highest BCUT2D eigenvalue weighted by Crippen LogP contribution is 2.30. The summed E-state index contributed by atoms with van der Waals surface area (Å²) < 4.78 is 6.24. The third-order valence-corrected chi connectivity index (χ3v) is 3.60. The zero-order chi connectivity index (χ0) is 10.3. The van der Waals surface area contributed by atoms with Crippen molar-refractivity contribution in [1.29, 1.82) is 0 Å². The lowest BCUT2D eigenvalue weighted by Gasteiger charge is -1.96. The number of fused-ring (bicyclic) bond motifs is 1. The predicted octanol–water partition coefficient (Wildman–Crippen LogP) is 4.92. The molecule has 0 atom stereocenters. The minimum atomic E-state index is 0.779. The first-order valence-corrected chi connectivity index (χ1v) is 6.23. The van der Waals surface area contributed by atoms with Gasteiger partial charge < -0.3 is 4.42 Å². The fraction of sp³-hybridized carbons (Fsp3) is 0. The van der Waals surface area contributed by atoms with Gasteiger partial charge in [-0.15, -0.1) is 11.3 Å². The summed E-state index contributed by atoms with van der Waals surface area (Å²) in [7, 11) is 0. The molecule has 3 heteroatoms. The van der Waals surface area contributed by atoms with Gasteiger partial charge in [-0.1, -0.05) is 6.07 Å². The number of hydrogen-bond donors (Lipinski definition) is 0. The van der Waals surface area contributed by atoms with Gasteiger partial charge in [0.15, 0.2) is 4.67 Å². The largest absolute Gasteiger partial charge is 0.449 e. The molecule has 1 nitrogen and oxygen atoms in total. The van der Waals surface area contributed by atoms with Gasteiger partial charge in [-0.2, -0.15) is 0 Å². The van der Waals surface area contributed by atoms with Crippen molar-refractivity contribution in [3.63, 3.8) is 0 Å². The maximum absolute atomic E-state index is 5.46. The van der Waals surface area contributed by atoms with Gasteiger partial charge >= 0.3 is 0 Å². The van der Waals surface area contributed by atoms with Gasteiger partial charge in [-0.05, 0) is 57.2 Å². The van der Waals surface area contributed by atoms with Crippen LogP contribution in [-0.4, -0.2) is 0 Å². The molecule has 2 heterocycles. The Morgan fingerprint density at radius 3 is 2.87 bits per heavy atom. The van der Waals surface area contributed by atoms with Crippen molar-refractivity contribution in [3.05, 3.63) is 46.4 Å². The van der Waals surface area contributed by atoms with E-state index in [0.717, 1.165) is 15.6 Å². The third-order valence-electron chi connectivity index (χ3n) is 2.29. The van der Waals surface area contributed by atoms with Crippen LogP contribution in [0.25, 0.3) is 21.4 Å². The van der Waals surface area contributed by atoms with Crippen LogP contribution in [0.4, 0.5) is 0 Å². The Bertz CT molecular complexity index is 595. The molecular formula is C12H7BrOS. The van der Waals surface area contributed by atoms with Crippen LogP contribution in [-0.2, 0) is 0 Å². The average Bonchev–Trinajstić information content (AvgIpc) is 2.82. The Kier molecular flexibility index (Phi) is 2.15. The number of benzene rings is 1. The molecular weight excluding hydrogens is 272 g/mol. The predicted molar refractivity (Wildman–Crippen MR) is 67.2 cm³/mol. The van der Waals surface area contributed by atoms with Crippen LogP contribution in [0.1, 0.15) is 0 Å². The molecule has 0 aliphatic carbocycles. The highest BCUT2D eigenvalue weighted by atomic mass is 79.9. The zero-order valence-corrected chi connectivity index (χ0v) is 10.1. The molecule has 0 amide bonds. The van der Waals surface area contributed by atoms with Gasteiger partial charge in [0.1, 0.15) is 5.58 Å². The molecule has 1 aromatic carbocycles. The van der Waals surface area contributed by atoms with Gasteiger partial charge in [-0.25, -0.2) is 0 Å². The average molecular weight is 279 g/mol. The van der Waals surface area contributed by atoms with E-state index in [1.165, 1.54) is 10.4 Å². The second-order valence-electron chi connectivity index (χ2n) is 3.28. The van der Waals surface area contributed by atoms with Crippen LogP contribution in [0, 0.1) is 0 Å². The number of thiophene rings is 1.